The molecule has 0 fully saturated rings. The van der Waals surface area contributed by atoms with E-state index < -0.39 is 10.8 Å². The average molecular weight is 987 g/mol. The first-order valence-corrected chi connectivity index (χ1v) is 25.9. The molecule has 12 aromatic carbocycles. The highest BCUT2D eigenvalue weighted by molar-refractivity contribution is 6.00. The van der Waals surface area contributed by atoms with Crippen LogP contribution in [0.25, 0.3) is 65.3 Å². The minimum Gasteiger partial charge on any atom is -0.508 e. The largest absolute Gasteiger partial charge is 0.508 e. The first-order chi connectivity index (χ1) is 37.3. The van der Waals surface area contributed by atoms with Gasteiger partial charge >= 0.3 is 0 Å². The number of phenols is 4. The summed E-state index contributed by atoms with van der Waals surface area (Å²) in [5.74, 6) is 2.25. The van der Waals surface area contributed by atoms with Crippen molar-refractivity contribution in [3.8, 4) is 56.8 Å². The van der Waals surface area contributed by atoms with E-state index in [1.165, 1.54) is 0 Å². The lowest BCUT2D eigenvalue weighted by molar-refractivity contribution is 0.267. The van der Waals surface area contributed by atoms with Gasteiger partial charge in [0.15, 0.2) is 0 Å². The van der Waals surface area contributed by atoms with Crippen molar-refractivity contribution in [1.82, 2.24) is 0 Å². The fourth-order valence-corrected chi connectivity index (χ4v) is 13.0. The number of hydrogen-bond acceptors (Lipinski definition) is 6. The molecule has 0 atom stereocenters. The third kappa shape index (κ3) is 6.80. The van der Waals surface area contributed by atoms with Crippen molar-refractivity contribution in [2.45, 2.75) is 23.7 Å². The normalized spacial score (nSPS) is 13.6. The molecular formula is C70H50O6. The summed E-state index contributed by atoms with van der Waals surface area (Å²) in [7, 11) is 0. The van der Waals surface area contributed by atoms with Crippen molar-refractivity contribution in [2.75, 3.05) is 13.2 Å². The van der Waals surface area contributed by atoms with Gasteiger partial charge in [0.1, 0.15) is 34.5 Å². The van der Waals surface area contributed by atoms with Crippen LogP contribution in [0.15, 0.2) is 231 Å². The molecule has 366 valence electrons. The predicted octanol–water partition coefficient (Wildman–Crippen LogP) is 16.1. The van der Waals surface area contributed by atoms with Crippen molar-refractivity contribution >= 4 is 43.1 Å². The highest BCUT2D eigenvalue weighted by Crippen LogP contribution is 2.60. The summed E-state index contributed by atoms with van der Waals surface area (Å²) in [4.78, 5) is 0. The lowest BCUT2D eigenvalue weighted by atomic mass is 9.66. The molecule has 0 bridgehead atoms. The van der Waals surface area contributed by atoms with E-state index in [9.17, 15) is 20.4 Å². The maximum atomic E-state index is 11.1. The van der Waals surface area contributed by atoms with E-state index in [1.54, 1.807) is 48.5 Å². The molecule has 0 spiro atoms. The van der Waals surface area contributed by atoms with E-state index in [0.29, 0.717) is 24.0 Å². The molecule has 0 amide bonds. The molecular weight excluding hydrogens is 937 g/mol. The van der Waals surface area contributed by atoms with Crippen molar-refractivity contribution in [3.63, 3.8) is 0 Å². The number of phenolic OH excluding ortho intramolecular Hbond substituents is 4. The molecule has 0 saturated carbocycles. The Morgan fingerprint density at radius 2 is 0.645 bits per heavy atom. The molecule has 12 aromatic rings. The maximum Gasteiger partial charge on any atom is 0.123 e. The second kappa shape index (κ2) is 17.6. The van der Waals surface area contributed by atoms with Gasteiger partial charge in [-0.2, -0.15) is 0 Å². The summed E-state index contributed by atoms with van der Waals surface area (Å²) in [5, 5.41) is 51.0. The van der Waals surface area contributed by atoms with Crippen LogP contribution in [0.5, 0.6) is 34.5 Å². The third-order valence-corrected chi connectivity index (χ3v) is 16.2. The number of aromatic hydroxyl groups is 4. The van der Waals surface area contributed by atoms with E-state index >= 15 is 0 Å². The third-order valence-electron chi connectivity index (χ3n) is 16.2. The van der Waals surface area contributed by atoms with Gasteiger partial charge in [-0.15, -0.1) is 0 Å². The predicted molar refractivity (Wildman–Crippen MR) is 304 cm³/mol. The molecule has 0 saturated heterocycles. The molecule has 0 unspecified atom stereocenters. The average Bonchev–Trinajstić information content (AvgIpc) is 4.16. The number of ether oxygens (including phenoxy) is 2. The maximum absolute atomic E-state index is 11.1. The van der Waals surface area contributed by atoms with E-state index in [2.05, 4.69) is 158 Å². The second-order valence-corrected chi connectivity index (χ2v) is 20.3. The number of fused-ring (bicyclic) bond motifs is 10. The van der Waals surface area contributed by atoms with Gasteiger partial charge in [-0.3, -0.25) is 0 Å². The van der Waals surface area contributed by atoms with Crippen LogP contribution >= 0.6 is 0 Å². The Hall–Kier alpha value is -9.52. The SMILES string of the molecule is Oc1ccc2c(O)ccc(C3(c4ccc5cc(OCCCCOc6ccc7cc(C8(c9ccc(O)c%10ccc(O)cc9%10)c9ccccc9-c9ccccc98)ccc7c6)ccc5c4)c4ccccc4-c4ccccc43)c2c1. The highest BCUT2D eigenvalue weighted by atomic mass is 16.5. The van der Waals surface area contributed by atoms with Gasteiger partial charge in [0.2, 0.25) is 0 Å². The number of rotatable bonds is 11. The molecule has 0 heterocycles. The summed E-state index contributed by atoms with van der Waals surface area (Å²) in [6, 6.07) is 78.2. The zero-order valence-electron chi connectivity index (χ0n) is 41.4. The molecule has 0 aliphatic heterocycles. The first kappa shape index (κ1) is 45.1. The quantitative estimate of drug-likeness (QED) is 0.0964. The second-order valence-electron chi connectivity index (χ2n) is 20.3. The van der Waals surface area contributed by atoms with Crippen molar-refractivity contribution in [1.29, 1.82) is 0 Å². The number of unbranched alkanes of at least 4 members (excludes halogenated alkanes) is 1. The zero-order chi connectivity index (χ0) is 51.1. The molecule has 76 heavy (non-hydrogen) atoms. The molecule has 4 N–H and O–H groups in total. The lowest BCUT2D eigenvalue weighted by Crippen LogP contribution is -2.29. The molecule has 0 radical (unpaired) electrons. The first-order valence-electron chi connectivity index (χ1n) is 25.9. The lowest BCUT2D eigenvalue weighted by Gasteiger charge is -2.35. The van der Waals surface area contributed by atoms with Gasteiger partial charge in [-0.25, -0.2) is 0 Å². The standard InChI is InChI=1S/C70H50O6/c71-49-25-29-57-59(41-49)65(31-33-67(57)73)69(61-15-5-1-11-53(61)54-12-2-6-16-62(54)69)47-23-19-45-39-51(27-21-43(45)37-47)75-35-9-10-36-76-52-28-22-44-38-48(24-20-46(44)40-52)70(66-32-34-68(74)58-30-26-50(72)42-60(58)66)63-17-7-3-13-55(63)56-14-4-8-18-64(56)70/h1-8,11-34,37-42,71-74H,9-10,35-36H2. The van der Waals surface area contributed by atoms with E-state index in [-0.39, 0.29) is 23.0 Å². The Kier molecular flexibility index (Phi) is 10.4. The Morgan fingerprint density at radius 3 is 1.04 bits per heavy atom. The molecule has 2 aliphatic carbocycles. The van der Waals surface area contributed by atoms with Crippen LogP contribution in [-0.2, 0) is 10.8 Å². The van der Waals surface area contributed by atoms with Crippen LogP contribution < -0.4 is 9.47 Å². The van der Waals surface area contributed by atoms with Gasteiger partial charge in [-0.1, -0.05) is 146 Å². The van der Waals surface area contributed by atoms with Crippen LogP contribution in [0.1, 0.15) is 57.3 Å². The molecule has 0 aromatic heterocycles. The van der Waals surface area contributed by atoms with E-state index in [1.807, 2.05) is 24.3 Å². The zero-order valence-corrected chi connectivity index (χ0v) is 41.4. The Balaban J connectivity index is 0.699. The summed E-state index contributed by atoms with van der Waals surface area (Å²) >= 11 is 0. The highest BCUT2D eigenvalue weighted by Gasteiger charge is 2.48. The molecule has 6 heteroatoms. The van der Waals surface area contributed by atoms with E-state index in [0.717, 1.165) is 123 Å². The summed E-state index contributed by atoms with van der Waals surface area (Å²) in [5.41, 5.74) is 12.0. The monoisotopic (exact) mass is 986 g/mol. The van der Waals surface area contributed by atoms with Crippen molar-refractivity contribution < 1.29 is 29.9 Å². The van der Waals surface area contributed by atoms with Crippen LogP contribution in [0, 0.1) is 0 Å². The van der Waals surface area contributed by atoms with Gasteiger partial charge in [0.25, 0.3) is 0 Å². The topological polar surface area (TPSA) is 99.4 Å². The van der Waals surface area contributed by atoms with Crippen molar-refractivity contribution in [2.24, 2.45) is 0 Å². The Labute approximate surface area is 439 Å². The molecule has 6 nitrogen and oxygen atoms in total. The van der Waals surface area contributed by atoms with Crippen LogP contribution in [0.2, 0.25) is 0 Å². The Morgan fingerprint density at radius 1 is 0.289 bits per heavy atom. The van der Waals surface area contributed by atoms with Crippen molar-refractivity contribution in [3.05, 3.63) is 275 Å². The molecule has 14 rings (SSSR count). The van der Waals surface area contributed by atoms with Gasteiger partial charge in [0.05, 0.1) is 24.0 Å². The fourth-order valence-electron chi connectivity index (χ4n) is 13.0. The number of hydrogen-bond donors (Lipinski definition) is 4. The Bertz CT molecular complexity index is 3960. The van der Waals surface area contributed by atoms with Crippen LogP contribution in [-0.4, -0.2) is 33.6 Å². The van der Waals surface area contributed by atoms with Gasteiger partial charge in [0, 0.05) is 10.8 Å². The van der Waals surface area contributed by atoms with E-state index in [4.69, 9.17) is 9.47 Å². The molecule has 2 aliphatic rings. The van der Waals surface area contributed by atoms with Crippen LogP contribution in [0.4, 0.5) is 0 Å². The van der Waals surface area contributed by atoms with Gasteiger partial charge < -0.3 is 29.9 Å². The van der Waals surface area contributed by atoms with Crippen LogP contribution in [0.3, 0.4) is 0 Å². The minimum atomic E-state index is -0.729. The fraction of sp³-hybridized carbons (Fsp3) is 0.0857. The number of benzene rings is 12. The minimum absolute atomic E-state index is 0.145. The van der Waals surface area contributed by atoms with Gasteiger partial charge in [-0.05, 0) is 197 Å². The summed E-state index contributed by atoms with van der Waals surface area (Å²) < 4.78 is 12.7. The summed E-state index contributed by atoms with van der Waals surface area (Å²) in [6.07, 6.45) is 1.64. The summed E-state index contributed by atoms with van der Waals surface area (Å²) in [6.45, 7) is 1.10. The smallest absolute Gasteiger partial charge is 0.123 e.